The van der Waals surface area contributed by atoms with Crippen LogP contribution in [0, 0.1) is 10.8 Å². The molecule has 0 aliphatic heterocycles. The fraction of sp³-hybridized carbons (Fsp3) is 0.739. The fourth-order valence-corrected chi connectivity index (χ4v) is 3.20. The Morgan fingerprint density at radius 3 is 2.08 bits per heavy atom. The molecule has 0 aliphatic carbocycles. The Balaban J connectivity index is 2.51. The lowest BCUT2D eigenvalue weighted by atomic mass is 9.84. The molecule has 0 radical (unpaired) electrons. The Bertz CT molecular complexity index is 479. The van der Waals surface area contributed by atoms with E-state index >= 15 is 0 Å². The number of hydrogen-bond donors (Lipinski definition) is 1. The summed E-state index contributed by atoms with van der Waals surface area (Å²) in [4.78, 5) is 0. The molecule has 0 heterocycles. The van der Waals surface area contributed by atoms with E-state index in [1.54, 1.807) is 0 Å². The van der Waals surface area contributed by atoms with Crippen molar-refractivity contribution in [3.8, 4) is 5.75 Å². The molecule has 0 saturated heterocycles. The SMILES string of the molecule is CCC(C)(C)CCCCc1cccc(O)c1CCCCC(C)(C)C. The zero-order valence-corrected chi connectivity index (χ0v) is 17.0. The topological polar surface area (TPSA) is 20.2 Å². The van der Waals surface area contributed by atoms with Gasteiger partial charge >= 0.3 is 0 Å². The fourth-order valence-electron chi connectivity index (χ4n) is 3.20. The van der Waals surface area contributed by atoms with Gasteiger partial charge in [0, 0.05) is 0 Å². The highest BCUT2D eigenvalue weighted by Gasteiger charge is 2.15. The van der Waals surface area contributed by atoms with Crippen LogP contribution in [0.15, 0.2) is 18.2 Å². The molecule has 138 valence electrons. The molecule has 0 unspecified atom stereocenters. The number of unbranched alkanes of at least 4 members (excludes halogenated alkanes) is 2. The number of phenols is 1. The largest absolute Gasteiger partial charge is 0.508 e. The van der Waals surface area contributed by atoms with Crippen molar-refractivity contribution in [2.45, 2.75) is 99.3 Å². The van der Waals surface area contributed by atoms with E-state index in [1.807, 2.05) is 12.1 Å². The number of phenolic OH excluding ortho intramolecular Hbond substituents is 1. The Kier molecular flexibility index (Phi) is 8.33. The number of aryl methyl sites for hydroxylation is 1. The second-order valence-electron chi connectivity index (χ2n) is 9.41. The molecule has 0 bridgehead atoms. The average molecular weight is 333 g/mol. The van der Waals surface area contributed by atoms with E-state index in [2.05, 4.69) is 47.6 Å². The molecule has 1 aromatic carbocycles. The van der Waals surface area contributed by atoms with Crippen LogP contribution in [0.4, 0.5) is 0 Å². The summed E-state index contributed by atoms with van der Waals surface area (Å²) in [5, 5.41) is 10.3. The molecule has 1 aromatic rings. The van der Waals surface area contributed by atoms with Crippen LogP contribution in [0.25, 0.3) is 0 Å². The van der Waals surface area contributed by atoms with Crippen molar-refractivity contribution >= 4 is 0 Å². The highest BCUT2D eigenvalue weighted by molar-refractivity contribution is 5.39. The van der Waals surface area contributed by atoms with Gasteiger partial charge in [0.25, 0.3) is 0 Å². The van der Waals surface area contributed by atoms with Gasteiger partial charge < -0.3 is 5.11 Å². The van der Waals surface area contributed by atoms with Crippen LogP contribution in [0.2, 0.25) is 0 Å². The molecule has 0 atom stereocenters. The third-order valence-electron chi connectivity index (χ3n) is 5.36. The lowest BCUT2D eigenvalue weighted by molar-refractivity contribution is 0.309. The predicted molar refractivity (Wildman–Crippen MR) is 107 cm³/mol. The second kappa shape index (κ2) is 9.49. The molecule has 0 fully saturated rings. The van der Waals surface area contributed by atoms with Crippen molar-refractivity contribution in [1.82, 2.24) is 0 Å². The summed E-state index contributed by atoms with van der Waals surface area (Å²) < 4.78 is 0. The van der Waals surface area contributed by atoms with Gasteiger partial charge in [-0.15, -0.1) is 0 Å². The Morgan fingerprint density at radius 2 is 1.46 bits per heavy atom. The van der Waals surface area contributed by atoms with Crippen LogP contribution < -0.4 is 0 Å². The van der Waals surface area contributed by atoms with Gasteiger partial charge in [0.05, 0.1) is 0 Å². The zero-order valence-electron chi connectivity index (χ0n) is 17.0. The van der Waals surface area contributed by atoms with E-state index in [9.17, 15) is 5.11 Å². The molecule has 1 rings (SSSR count). The third-order valence-corrected chi connectivity index (χ3v) is 5.36. The summed E-state index contributed by atoms with van der Waals surface area (Å²) in [5.74, 6) is 0.497. The van der Waals surface area contributed by atoms with Crippen molar-refractivity contribution < 1.29 is 5.11 Å². The number of hydrogen-bond acceptors (Lipinski definition) is 1. The molecule has 0 aromatic heterocycles. The normalized spacial score (nSPS) is 12.6. The van der Waals surface area contributed by atoms with Gasteiger partial charge in [-0.2, -0.15) is 0 Å². The van der Waals surface area contributed by atoms with Crippen LogP contribution in [-0.4, -0.2) is 5.11 Å². The number of rotatable bonds is 10. The van der Waals surface area contributed by atoms with Crippen molar-refractivity contribution in [2.75, 3.05) is 0 Å². The quantitative estimate of drug-likeness (QED) is 0.446. The number of benzene rings is 1. The molecule has 1 N–H and O–H groups in total. The van der Waals surface area contributed by atoms with E-state index in [1.165, 1.54) is 56.1 Å². The monoisotopic (exact) mass is 332 g/mol. The minimum atomic E-state index is 0.410. The molecule has 1 nitrogen and oxygen atoms in total. The van der Waals surface area contributed by atoms with Crippen molar-refractivity contribution in [1.29, 1.82) is 0 Å². The Hall–Kier alpha value is -0.980. The van der Waals surface area contributed by atoms with Gasteiger partial charge in [-0.05, 0) is 66.5 Å². The summed E-state index contributed by atoms with van der Waals surface area (Å²) in [5.41, 5.74) is 3.43. The molecular formula is C23H40O. The molecule has 0 spiro atoms. The minimum Gasteiger partial charge on any atom is -0.508 e. The molecule has 0 saturated carbocycles. The van der Waals surface area contributed by atoms with Gasteiger partial charge in [-0.25, -0.2) is 0 Å². The van der Waals surface area contributed by atoms with Gasteiger partial charge in [-0.1, -0.05) is 72.9 Å². The molecule has 0 amide bonds. The van der Waals surface area contributed by atoms with E-state index < -0.39 is 0 Å². The average Bonchev–Trinajstić information content (AvgIpc) is 2.49. The van der Waals surface area contributed by atoms with Crippen LogP contribution >= 0.6 is 0 Å². The van der Waals surface area contributed by atoms with Gasteiger partial charge in [0.1, 0.15) is 5.75 Å². The van der Waals surface area contributed by atoms with Crippen LogP contribution in [0.5, 0.6) is 5.75 Å². The number of aromatic hydroxyl groups is 1. The molecular weight excluding hydrogens is 292 g/mol. The summed E-state index contributed by atoms with van der Waals surface area (Å²) >= 11 is 0. The van der Waals surface area contributed by atoms with E-state index in [0.717, 1.165) is 12.8 Å². The lowest BCUT2D eigenvalue weighted by Crippen LogP contribution is -2.09. The van der Waals surface area contributed by atoms with Crippen molar-refractivity contribution in [3.05, 3.63) is 29.3 Å². The first-order valence-electron chi connectivity index (χ1n) is 9.94. The van der Waals surface area contributed by atoms with Gasteiger partial charge in [-0.3, -0.25) is 0 Å². The van der Waals surface area contributed by atoms with E-state index in [-0.39, 0.29) is 0 Å². The first-order valence-corrected chi connectivity index (χ1v) is 9.94. The molecule has 24 heavy (non-hydrogen) atoms. The van der Waals surface area contributed by atoms with Crippen molar-refractivity contribution in [2.24, 2.45) is 10.8 Å². The smallest absolute Gasteiger partial charge is 0.119 e. The maximum absolute atomic E-state index is 10.3. The van der Waals surface area contributed by atoms with Crippen LogP contribution in [-0.2, 0) is 12.8 Å². The zero-order chi connectivity index (χ0) is 18.2. The van der Waals surface area contributed by atoms with E-state index in [0.29, 0.717) is 16.6 Å². The maximum atomic E-state index is 10.3. The Labute approximate surface area is 150 Å². The van der Waals surface area contributed by atoms with Crippen LogP contribution in [0.1, 0.15) is 97.6 Å². The summed E-state index contributed by atoms with van der Waals surface area (Å²) in [7, 11) is 0. The summed E-state index contributed by atoms with van der Waals surface area (Å²) in [6.07, 6.45) is 10.8. The Morgan fingerprint density at radius 1 is 0.833 bits per heavy atom. The minimum absolute atomic E-state index is 0.410. The third kappa shape index (κ3) is 8.22. The second-order valence-corrected chi connectivity index (χ2v) is 9.41. The predicted octanol–water partition coefficient (Wildman–Crippen LogP) is 7.30. The first kappa shape index (κ1) is 21.1. The first-order chi connectivity index (χ1) is 11.1. The molecule has 1 heteroatoms. The standard InChI is InChI=1S/C23H40O/c1-7-23(5,6)18-11-8-13-19-14-12-16-21(24)20(19)15-9-10-17-22(2,3)4/h12,14,16,24H,7-11,13,15,17-18H2,1-6H3. The van der Waals surface area contributed by atoms with E-state index in [4.69, 9.17) is 0 Å². The highest BCUT2D eigenvalue weighted by Crippen LogP contribution is 2.29. The van der Waals surface area contributed by atoms with Crippen LogP contribution in [0.3, 0.4) is 0 Å². The van der Waals surface area contributed by atoms with Gasteiger partial charge in [0.2, 0.25) is 0 Å². The van der Waals surface area contributed by atoms with Gasteiger partial charge in [0.15, 0.2) is 0 Å². The summed E-state index contributed by atoms with van der Waals surface area (Å²) in [6.45, 7) is 13.9. The summed E-state index contributed by atoms with van der Waals surface area (Å²) in [6, 6.07) is 6.06. The lowest BCUT2D eigenvalue weighted by Gasteiger charge is -2.22. The maximum Gasteiger partial charge on any atom is 0.119 e. The highest BCUT2D eigenvalue weighted by atomic mass is 16.3. The molecule has 0 aliphatic rings. The van der Waals surface area contributed by atoms with Crippen molar-refractivity contribution in [3.63, 3.8) is 0 Å².